The number of nitrogens with one attached hydrogen (secondary N) is 1. The van der Waals surface area contributed by atoms with Crippen molar-refractivity contribution < 1.29 is 28.5 Å². The minimum absolute atomic E-state index is 0.0241. The zero-order chi connectivity index (χ0) is 24.3. The van der Waals surface area contributed by atoms with Crippen molar-refractivity contribution in [3.8, 4) is 5.75 Å². The molecule has 3 aromatic rings. The van der Waals surface area contributed by atoms with E-state index in [1.54, 1.807) is 7.11 Å². The Bertz CT molecular complexity index is 1300. The predicted octanol–water partition coefficient (Wildman–Crippen LogP) is 4.35. The minimum atomic E-state index is -0.947. The zero-order valence-corrected chi connectivity index (χ0v) is 19.2. The SMILES string of the molecule is COc1ccc2ccc(C(Nc3ccccc3)C34C=CC(O3)C(COC=O)=C4COC=O)cc2c1. The topological polar surface area (TPSA) is 83.1 Å². The standard InChI is InChI=1S/C28H25NO6/c1-32-23-10-9-19-7-8-20(13-21(19)14-23)27(29-22-5-3-2-4-6-22)28-12-11-26(35-28)24(15-33-17-30)25(28)16-34-18-31/h2-14,17-18,26-27,29H,15-16H2,1H3. The van der Waals surface area contributed by atoms with E-state index in [4.69, 9.17) is 18.9 Å². The van der Waals surface area contributed by atoms with Gasteiger partial charge < -0.3 is 24.3 Å². The monoisotopic (exact) mass is 471 g/mol. The molecular formula is C28H25NO6. The van der Waals surface area contributed by atoms with E-state index in [0.717, 1.165) is 38.9 Å². The summed E-state index contributed by atoms with van der Waals surface area (Å²) < 4.78 is 22.3. The summed E-state index contributed by atoms with van der Waals surface area (Å²) in [6.45, 7) is 0.904. The zero-order valence-electron chi connectivity index (χ0n) is 19.2. The van der Waals surface area contributed by atoms with Gasteiger partial charge in [-0.15, -0.1) is 0 Å². The lowest BCUT2D eigenvalue weighted by molar-refractivity contribution is -0.129. The van der Waals surface area contributed by atoms with Crippen LogP contribution in [-0.4, -0.2) is 45.0 Å². The number of hydrogen-bond acceptors (Lipinski definition) is 7. The molecule has 0 fully saturated rings. The highest BCUT2D eigenvalue weighted by Gasteiger charge is 2.54. The van der Waals surface area contributed by atoms with Crippen LogP contribution in [0.15, 0.2) is 90.0 Å². The van der Waals surface area contributed by atoms with Gasteiger partial charge in [0.05, 0.1) is 13.2 Å². The van der Waals surface area contributed by atoms with Crippen molar-refractivity contribution in [3.63, 3.8) is 0 Å². The third-order valence-electron chi connectivity index (χ3n) is 6.56. The predicted molar refractivity (Wildman–Crippen MR) is 131 cm³/mol. The second kappa shape index (κ2) is 9.64. The van der Waals surface area contributed by atoms with Crippen molar-refractivity contribution in [2.75, 3.05) is 25.6 Å². The maximum absolute atomic E-state index is 11.1. The smallest absolute Gasteiger partial charge is 0.293 e. The summed E-state index contributed by atoms with van der Waals surface area (Å²) in [5, 5.41) is 5.74. The van der Waals surface area contributed by atoms with Gasteiger partial charge in [0, 0.05) is 16.8 Å². The van der Waals surface area contributed by atoms with E-state index >= 15 is 0 Å². The number of rotatable bonds is 11. The Morgan fingerprint density at radius 2 is 1.74 bits per heavy atom. The number of methoxy groups -OCH3 is 1. The molecule has 1 N–H and O–H groups in total. The highest BCUT2D eigenvalue weighted by Crippen LogP contribution is 2.51. The molecule has 2 aliphatic heterocycles. The molecule has 7 nitrogen and oxygen atoms in total. The summed E-state index contributed by atoms with van der Waals surface area (Å²) in [6.07, 6.45) is 3.58. The first kappa shape index (κ1) is 22.7. The van der Waals surface area contributed by atoms with Gasteiger partial charge in [0.15, 0.2) is 0 Å². The second-order valence-electron chi connectivity index (χ2n) is 8.42. The molecule has 0 radical (unpaired) electrons. The van der Waals surface area contributed by atoms with E-state index in [-0.39, 0.29) is 25.4 Å². The van der Waals surface area contributed by atoms with Crippen molar-refractivity contribution in [2.45, 2.75) is 17.7 Å². The molecular weight excluding hydrogens is 446 g/mol. The molecule has 0 spiro atoms. The van der Waals surface area contributed by atoms with Gasteiger partial charge in [-0.05, 0) is 52.7 Å². The first-order valence-electron chi connectivity index (χ1n) is 11.3. The lowest BCUT2D eigenvalue weighted by atomic mass is 9.78. The number of para-hydroxylation sites is 1. The Hall–Kier alpha value is -4.10. The lowest BCUT2D eigenvalue weighted by Crippen LogP contribution is -2.41. The maximum atomic E-state index is 11.1. The molecule has 2 bridgehead atoms. The first-order chi connectivity index (χ1) is 17.2. The van der Waals surface area contributed by atoms with Gasteiger partial charge in [-0.25, -0.2) is 0 Å². The number of ether oxygens (including phenoxy) is 4. The Labute approximate surface area is 202 Å². The molecule has 7 heteroatoms. The van der Waals surface area contributed by atoms with Crippen LogP contribution in [-0.2, 0) is 23.8 Å². The average Bonchev–Trinajstić information content (AvgIpc) is 3.47. The lowest BCUT2D eigenvalue weighted by Gasteiger charge is -2.37. The molecule has 0 saturated carbocycles. The maximum Gasteiger partial charge on any atom is 0.293 e. The van der Waals surface area contributed by atoms with Crippen LogP contribution in [0, 0.1) is 0 Å². The van der Waals surface area contributed by atoms with E-state index < -0.39 is 5.60 Å². The van der Waals surface area contributed by atoms with E-state index in [9.17, 15) is 9.59 Å². The van der Waals surface area contributed by atoms with Crippen LogP contribution < -0.4 is 10.1 Å². The fourth-order valence-corrected chi connectivity index (χ4v) is 4.94. The number of hydrogen-bond donors (Lipinski definition) is 1. The quantitative estimate of drug-likeness (QED) is 0.329. The molecule has 178 valence electrons. The van der Waals surface area contributed by atoms with Crippen molar-refractivity contribution >= 4 is 29.4 Å². The number of fused-ring (bicyclic) bond motifs is 3. The van der Waals surface area contributed by atoms with Crippen LogP contribution in [0.1, 0.15) is 11.6 Å². The van der Waals surface area contributed by atoms with Gasteiger partial charge >= 0.3 is 0 Å². The van der Waals surface area contributed by atoms with Crippen molar-refractivity contribution in [1.29, 1.82) is 0 Å². The minimum Gasteiger partial charge on any atom is -0.497 e. The van der Waals surface area contributed by atoms with Crippen LogP contribution in [0.4, 0.5) is 5.69 Å². The van der Waals surface area contributed by atoms with Crippen LogP contribution in [0.2, 0.25) is 0 Å². The molecule has 2 heterocycles. The number of carbonyl (C=O) groups excluding carboxylic acids is 2. The Morgan fingerprint density at radius 1 is 0.971 bits per heavy atom. The van der Waals surface area contributed by atoms with Gasteiger partial charge in [0.1, 0.15) is 30.7 Å². The Kier molecular flexibility index (Phi) is 6.25. The fraction of sp³-hybridized carbons (Fsp3) is 0.214. The molecule has 3 aromatic carbocycles. The van der Waals surface area contributed by atoms with Gasteiger partial charge in [-0.1, -0.05) is 42.5 Å². The summed E-state index contributed by atoms with van der Waals surface area (Å²) >= 11 is 0. The average molecular weight is 472 g/mol. The van der Waals surface area contributed by atoms with E-state index in [1.165, 1.54) is 0 Å². The Balaban J connectivity index is 1.64. The van der Waals surface area contributed by atoms with E-state index in [2.05, 4.69) is 23.5 Å². The normalized spacial score (nSPS) is 21.1. The summed E-state index contributed by atoms with van der Waals surface area (Å²) in [6, 6.07) is 21.7. The van der Waals surface area contributed by atoms with E-state index in [1.807, 2.05) is 60.7 Å². The molecule has 5 rings (SSSR count). The van der Waals surface area contributed by atoms with Crippen LogP contribution in [0.5, 0.6) is 5.75 Å². The van der Waals surface area contributed by atoms with Crippen LogP contribution >= 0.6 is 0 Å². The van der Waals surface area contributed by atoms with Crippen molar-refractivity contribution in [3.05, 3.63) is 95.6 Å². The van der Waals surface area contributed by atoms with Crippen molar-refractivity contribution in [1.82, 2.24) is 0 Å². The number of anilines is 1. The first-order valence-corrected chi connectivity index (χ1v) is 11.3. The van der Waals surface area contributed by atoms with Crippen molar-refractivity contribution in [2.24, 2.45) is 0 Å². The summed E-state index contributed by atoms with van der Waals surface area (Å²) in [5.41, 5.74) is 2.48. The molecule has 0 aromatic heterocycles. The third-order valence-corrected chi connectivity index (χ3v) is 6.56. The highest BCUT2D eigenvalue weighted by atomic mass is 16.5. The third kappa shape index (κ3) is 4.15. The summed E-state index contributed by atoms with van der Waals surface area (Å²) in [7, 11) is 1.65. The number of benzene rings is 3. The summed E-state index contributed by atoms with van der Waals surface area (Å²) in [4.78, 5) is 22.0. The van der Waals surface area contributed by atoms with Crippen LogP contribution in [0.25, 0.3) is 10.8 Å². The van der Waals surface area contributed by atoms with Gasteiger partial charge in [0.25, 0.3) is 12.9 Å². The van der Waals surface area contributed by atoms with E-state index in [0.29, 0.717) is 12.9 Å². The van der Waals surface area contributed by atoms with Gasteiger partial charge in [0.2, 0.25) is 0 Å². The molecule has 0 aliphatic carbocycles. The highest BCUT2D eigenvalue weighted by molar-refractivity contribution is 5.85. The second-order valence-corrected chi connectivity index (χ2v) is 8.42. The molecule has 35 heavy (non-hydrogen) atoms. The molecule has 0 amide bonds. The van der Waals surface area contributed by atoms with Crippen LogP contribution in [0.3, 0.4) is 0 Å². The Morgan fingerprint density at radius 3 is 2.51 bits per heavy atom. The number of carbonyl (C=O) groups is 2. The molecule has 0 saturated heterocycles. The largest absolute Gasteiger partial charge is 0.497 e. The fourth-order valence-electron chi connectivity index (χ4n) is 4.94. The van der Waals surface area contributed by atoms with Gasteiger partial charge in [-0.2, -0.15) is 0 Å². The molecule has 3 atom stereocenters. The summed E-state index contributed by atoms with van der Waals surface area (Å²) in [5.74, 6) is 0.770. The van der Waals surface area contributed by atoms with Gasteiger partial charge in [-0.3, -0.25) is 9.59 Å². The molecule has 3 unspecified atom stereocenters. The molecule has 2 aliphatic rings.